The van der Waals surface area contributed by atoms with E-state index in [2.05, 4.69) is 15.4 Å². The van der Waals surface area contributed by atoms with Crippen molar-refractivity contribution in [1.82, 2.24) is 14.8 Å². The summed E-state index contributed by atoms with van der Waals surface area (Å²) in [5.74, 6) is -0.320. The van der Waals surface area contributed by atoms with E-state index >= 15 is 0 Å². The van der Waals surface area contributed by atoms with E-state index in [0.717, 1.165) is 0 Å². The lowest BCUT2D eigenvalue weighted by atomic mass is 9.96. The predicted molar refractivity (Wildman–Crippen MR) is 83.7 cm³/mol. The SMILES string of the molecule is COCCOC(=O)C1=C(C)Nc2ncnn2[C@H]1c1ccc(F)cc1. The van der Waals surface area contributed by atoms with Crippen LogP contribution in [0, 0.1) is 5.82 Å². The maximum absolute atomic E-state index is 13.3. The average molecular weight is 332 g/mol. The van der Waals surface area contributed by atoms with Crippen molar-refractivity contribution in [2.75, 3.05) is 25.6 Å². The van der Waals surface area contributed by atoms with Crippen molar-refractivity contribution >= 4 is 11.9 Å². The Labute approximate surface area is 138 Å². The molecular weight excluding hydrogens is 315 g/mol. The van der Waals surface area contributed by atoms with Gasteiger partial charge >= 0.3 is 5.97 Å². The van der Waals surface area contributed by atoms with Crippen LogP contribution in [-0.2, 0) is 14.3 Å². The molecule has 1 aliphatic rings. The first-order valence-electron chi connectivity index (χ1n) is 7.40. The molecule has 1 N–H and O–H groups in total. The number of hydrogen-bond donors (Lipinski definition) is 1. The highest BCUT2D eigenvalue weighted by atomic mass is 19.1. The normalized spacial score (nSPS) is 16.5. The number of rotatable bonds is 5. The van der Waals surface area contributed by atoms with E-state index in [9.17, 15) is 9.18 Å². The van der Waals surface area contributed by atoms with Crippen LogP contribution in [0.4, 0.5) is 10.3 Å². The minimum atomic E-state index is -0.542. The number of fused-ring (bicyclic) bond motifs is 1. The topological polar surface area (TPSA) is 78.3 Å². The molecule has 8 heteroatoms. The van der Waals surface area contributed by atoms with Gasteiger partial charge in [0, 0.05) is 12.8 Å². The van der Waals surface area contributed by atoms with E-state index in [4.69, 9.17) is 9.47 Å². The number of nitrogens with one attached hydrogen (secondary N) is 1. The Bertz CT molecular complexity index is 770. The van der Waals surface area contributed by atoms with Crippen LogP contribution in [-0.4, -0.2) is 41.1 Å². The molecule has 0 bridgehead atoms. The summed E-state index contributed by atoms with van der Waals surface area (Å²) in [7, 11) is 1.53. The number of carbonyl (C=O) groups is 1. The Morgan fingerprint density at radius 1 is 1.33 bits per heavy atom. The third-order valence-corrected chi connectivity index (χ3v) is 3.72. The number of allylic oxidation sites excluding steroid dienone is 1. The second-order valence-electron chi connectivity index (χ2n) is 5.27. The van der Waals surface area contributed by atoms with Gasteiger partial charge in [0.05, 0.1) is 12.2 Å². The van der Waals surface area contributed by atoms with Crippen molar-refractivity contribution in [2.45, 2.75) is 13.0 Å². The largest absolute Gasteiger partial charge is 0.460 e. The van der Waals surface area contributed by atoms with Crippen LogP contribution < -0.4 is 5.32 Å². The van der Waals surface area contributed by atoms with Crippen molar-refractivity contribution in [1.29, 1.82) is 0 Å². The number of esters is 1. The first-order chi connectivity index (χ1) is 11.6. The molecule has 0 aliphatic carbocycles. The number of benzene rings is 1. The summed E-state index contributed by atoms with van der Waals surface area (Å²) in [6.07, 6.45) is 1.39. The van der Waals surface area contributed by atoms with Gasteiger partial charge in [-0.25, -0.2) is 13.9 Å². The Balaban J connectivity index is 2.00. The van der Waals surface area contributed by atoms with Crippen molar-refractivity contribution in [3.8, 4) is 0 Å². The zero-order chi connectivity index (χ0) is 17.1. The van der Waals surface area contributed by atoms with E-state index in [-0.39, 0.29) is 12.4 Å². The lowest BCUT2D eigenvalue weighted by molar-refractivity contribution is -0.140. The lowest BCUT2D eigenvalue weighted by Gasteiger charge is -2.28. The van der Waals surface area contributed by atoms with Crippen molar-refractivity contribution in [2.24, 2.45) is 0 Å². The predicted octanol–water partition coefficient (Wildman–Crippen LogP) is 1.90. The smallest absolute Gasteiger partial charge is 0.338 e. The fourth-order valence-corrected chi connectivity index (χ4v) is 2.60. The number of anilines is 1. The maximum Gasteiger partial charge on any atom is 0.338 e. The van der Waals surface area contributed by atoms with Gasteiger partial charge in [-0.2, -0.15) is 10.1 Å². The summed E-state index contributed by atoms with van der Waals surface area (Å²) in [5, 5.41) is 7.22. The van der Waals surface area contributed by atoms with Crippen LogP contribution >= 0.6 is 0 Å². The standard InChI is InChI=1S/C16H17FN4O3/c1-10-13(15(22)24-8-7-23-2)14(11-3-5-12(17)6-4-11)21-16(20-10)18-9-19-21/h3-6,9,14H,7-8H2,1-2H3,(H,18,19,20)/t14-/m0/s1. The first kappa shape index (κ1) is 16.1. The van der Waals surface area contributed by atoms with Gasteiger partial charge in [0.1, 0.15) is 24.8 Å². The molecular formula is C16H17FN4O3. The van der Waals surface area contributed by atoms with Gasteiger partial charge in [0.15, 0.2) is 0 Å². The Morgan fingerprint density at radius 3 is 2.79 bits per heavy atom. The molecule has 0 fully saturated rings. The highest BCUT2D eigenvalue weighted by Gasteiger charge is 2.34. The van der Waals surface area contributed by atoms with E-state index in [1.54, 1.807) is 23.7 Å². The lowest BCUT2D eigenvalue weighted by Crippen LogP contribution is -2.30. The number of carbonyl (C=O) groups excluding carboxylic acids is 1. The minimum Gasteiger partial charge on any atom is -0.460 e. The molecule has 126 valence electrons. The molecule has 1 atom stereocenters. The van der Waals surface area contributed by atoms with Crippen LogP contribution in [0.3, 0.4) is 0 Å². The summed E-state index contributed by atoms with van der Waals surface area (Å²) in [6.45, 7) is 2.22. The monoisotopic (exact) mass is 332 g/mol. The number of halogens is 1. The van der Waals surface area contributed by atoms with E-state index < -0.39 is 12.0 Å². The van der Waals surface area contributed by atoms with Gasteiger partial charge in [0.25, 0.3) is 0 Å². The number of methoxy groups -OCH3 is 1. The minimum absolute atomic E-state index is 0.145. The van der Waals surface area contributed by atoms with Crippen LogP contribution in [0.15, 0.2) is 41.9 Å². The summed E-state index contributed by atoms with van der Waals surface area (Å²) >= 11 is 0. The molecule has 24 heavy (non-hydrogen) atoms. The van der Waals surface area contributed by atoms with Gasteiger partial charge in [-0.15, -0.1) is 0 Å². The van der Waals surface area contributed by atoms with Crippen LogP contribution in [0.5, 0.6) is 0 Å². The molecule has 0 unspecified atom stereocenters. The van der Waals surface area contributed by atoms with Gasteiger partial charge in [-0.3, -0.25) is 0 Å². The Kier molecular flexibility index (Phi) is 4.57. The molecule has 0 radical (unpaired) electrons. The fourth-order valence-electron chi connectivity index (χ4n) is 2.60. The molecule has 1 aromatic carbocycles. The van der Waals surface area contributed by atoms with E-state index in [0.29, 0.717) is 29.4 Å². The fraction of sp³-hybridized carbons (Fsp3) is 0.312. The zero-order valence-corrected chi connectivity index (χ0v) is 13.3. The maximum atomic E-state index is 13.3. The van der Waals surface area contributed by atoms with Gasteiger partial charge in [-0.1, -0.05) is 12.1 Å². The third-order valence-electron chi connectivity index (χ3n) is 3.72. The Hall–Kier alpha value is -2.74. The molecule has 1 aliphatic heterocycles. The summed E-state index contributed by atoms with van der Waals surface area (Å²) in [5.41, 5.74) is 1.73. The van der Waals surface area contributed by atoms with Gasteiger partial charge in [0.2, 0.25) is 5.95 Å². The Morgan fingerprint density at radius 2 is 2.08 bits per heavy atom. The molecule has 0 saturated heterocycles. The van der Waals surface area contributed by atoms with E-state index in [1.165, 1.54) is 25.6 Å². The zero-order valence-electron chi connectivity index (χ0n) is 13.3. The number of nitrogens with zero attached hydrogens (tertiary/aromatic N) is 3. The van der Waals surface area contributed by atoms with Crippen molar-refractivity contribution in [3.63, 3.8) is 0 Å². The number of hydrogen-bond acceptors (Lipinski definition) is 6. The van der Waals surface area contributed by atoms with Crippen LogP contribution in [0.2, 0.25) is 0 Å². The van der Waals surface area contributed by atoms with E-state index in [1.807, 2.05) is 0 Å². The molecule has 1 aromatic heterocycles. The van der Waals surface area contributed by atoms with Crippen LogP contribution in [0.25, 0.3) is 0 Å². The van der Waals surface area contributed by atoms with Crippen molar-refractivity contribution < 1.29 is 18.7 Å². The summed E-state index contributed by atoms with van der Waals surface area (Å²) < 4.78 is 25.0. The molecule has 2 aromatic rings. The summed E-state index contributed by atoms with van der Waals surface area (Å²) in [4.78, 5) is 16.7. The molecule has 3 rings (SSSR count). The molecule has 0 spiro atoms. The number of ether oxygens (including phenoxy) is 2. The van der Waals surface area contributed by atoms with Gasteiger partial charge < -0.3 is 14.8 Å². The molecule has 0 amide bonds. The molecule has 7 nitrogen and oxygen atoms in total. The van der Waals surface area contributed by atoms with Gasteiger partial charge in [-0.05, 0) is 24.6 Å². The number of aromatic nitrogens is 3. The molecule has 0 saturated carbocycles. The second-order valence-corrected chi connectivity index (χ2v) is 5.27. The quantitative estimate of drug-likeness (QED) is 0.665. The second kappa shape index (κ2) is 6.79. The summed E-state index contributed by atoms with van der Waals surface area (Å²) in [6, 6.07) is 5.38. The van der Waals surface area contributed by atoms with Crippen LogP contribution in [0.1, 0.15) is 18.5 Å². The highest BCUT2D eigenvalue weighted by molar-refractivity contribution is 5.92. The molecule has 2 heterocycles. The first-order valence-corrected chi connectivity index (χ1v) is 7.40. The third kappa shape index (κ3) is 3.00. The van der Waals surface area contributed by atoms with Crippen molar-refractivity contribution in [3.05, 3.63) is 53.2 Å². The highest BCUT2D eigenvalue weighted by Crippen LogP contribution is 2.35. The average Bonchev–Trinajstić information content (AvgIpc) is 3.02.